The first-order chi connectivity index (χ1) is 11.0. The summed E-state index contributed by atoms with van der Waals surface area (Å²) < 4.78 is 24.9. The Morgan fingerprint density at radius 1 is 1.21 bits per heavy atom. The van der Waals surface area contributed by atoms with Crippen LogP contribution in [0.25, 0.3) is 0 Å². The molecule has 2 N–H and O–H groups in total. The molecule has 24 heavy (non-hydrogen) atoms. The van der Waals surface area contributed by atoms with E-state index in [0.29, 0.717) is 32.6 Å². The van der Waals surface area contributed by atoms with E-state index in [-0.39, 0.29) is 37.0 Å². The number of rotatable bonds is 8. The minimum Gasteiger partial charge on any atom is -0.341 e. The molecule has 1 heterocycles. The van der Waals surface area contributed by atoms with Crippen molar-refractivity contribution in [1.29, 1.82) is 0 Å². The molecule has 0 bridgehead atoms. The maximum Gasteiger partial charge on any atom is 0.223 e. The van der Waals surface area contributed by atoms with Gasteiger partial charge in [-0.1, -0.05) is 30.3 Å². The Bertz CT molecular complexity index is 610. The third kappa shape index (κ3) is 6.05. The number of benzene rings is 1. The minimum absolute atomic E-state index is 0. The lowest BCUT2D eigenvalue weighted by atomic mass is 10.1. The molecule has 1 aromatic carbocycles. The molecule has 1 aromatic rings. The fraction of sp³-hybridized carbons (Fsp3) is 0.562. The van der Waals surface area contributed by atoms with Crippen molar-refractivity contribution in [2.75, 3.05) is 38.5 Å². The highest BCUT2D eigenvalue weighted by atomic mass is 35.5. The summed E-state index contributed by atoms with van der Waals surface area (Å²) in [7, 11) is -3.14. The lowest BCUT2D eigenvalue weighted by Gasteiger charge is -2.23. The Balaban J connectivity index is 0.00000288. The van der Waals surface area contributed by atoms with E-state index in [1.54, 1.807) is 4.90 Å². The number of nitrogens with two attached hydrogens (primary N) is 1. The van der Waals surface area contributed by atoms with Crippen molar-refractivity contribution in [3.8, 4) is 0 Å². The van der Waals surface area contributed by atoms with Gasteiger partial charge in [-0.2, -0.15) is 0 Å². The molecule has 1 amide bonds. The number of hydrogen-bond donors (Lipinski definition) is 1. The Morgan fingerprint density at radius 2 is 1.92 bits per heavy atom. The van der Waals surface area contributed by atoms with Gasteiger partial charge in [-0.15, -0.1) is 12.4 Å². The highest BCUT2D eigenvalue weighted by molar-refractivity contribution is 7.89. The zero-order chi connectivity index (χ0) is 16.7. The van der Waals surface area contributed by atoms with Crippen molar-refractivity contribution in [3.63, 3.8) is 0 Å². The van der Waals surface area contributed by atoms with Crippen LogP contribution in [0.15, 0.2) is 30.3 Å². The summed E-state index contributed by atoms with van der Waals surface area (Å²) in [5, 5.41) is 0. The molecule has 0 saturated carbocycles. The van der Waals surface area contributed by atoms with Crippen molar-refractivity contribution in [1.82, 2.24) is 9.21 Å². The summed E-state index contributed by atoms with van der Waals surface area (Å²) in [6.45, 7) is 2.30. The van der Waals surface area contributed by atoms with Crippen LogP contribution < -0.4 is 5.73 Å². The lowest BCUT2D eigenvalue weighted by Crippen LogP contribution is -2.39. The predicted octanol–water partition coefficient (Wildman–Crippen LogP) is 0.864. The van der Waals surface area contributed by atoms with Crippen LogP contribution in [0.5, 0.6) is 0 Å². The van der Waals surface area contributed by atoms with Gasteiger partial charge in [0.05, 0.1) is 5.75 Å². The van der Waals surface area contributed by atoms with Crippen LogP contribution in [0.4, 0.5) is 0 Å². The van der Waals surface area contributed by atoms with Crippen molar-refractivity contribution < 1.29 is 13.2 Å². The summed E-state index contributed by atoms with van der Waals surface area (Å²) in [5.41, 5.74) is 6.77. The first kappa shape index (κ1) is 20.9. The number of sulfonamides is 1. The zero-order valence-corrected chi connectivity index (χ0v) is 15.4. The summed E-state index contributed by atoms with van der Waals surface area (Å²) in [4.78, 5) is 14.1. The molecule has 8 heteroatoms. The van der Waals surface area contributed by atoms with E-state index in [4.69, 9.17) is 5.73 Å². The smallest absolute Gasteiger partial charge is 0.223 e. The zero-order valence-electron chi connectivity index (χ0n) is 13.8. The SMILES string of the molecule is Cl.NCCN(CCc1ccccc1)C(=O)CCN1CCCS1(=O)=O. The molecular weight excluding hydrogens is 350 g/mol. The number of nitrogens with zero attached hydrogens (tertiary/aromatic N) is 2. The van der Waals surface area contributed by atoms with Crippen molar-refractivity contribution in [2.45, 2.75) is 19.3 Å². The number of hydrogen-bond acceptors (Lipinski definition) is 4. The number of amides is 1. The topological polar surface area (TPSA) is 83.7 Å². The van der Waals surface area contributed by atoms with Crippen molar-refractivity contribution in [2.24, 2.45) is 5.73 Å². The molecule has 0 unspecified atom stereocenters. The van der Waals surface area contributed by atoms with Gasteiger partial charge in [-0.25, -0.2) is 12.7 Å². The van der Waals surface area contributed by atoms with Gasteiger partial charge >= 0.3 is 0 Å². The van der Waals surface area contributed by atoms with Crippen LogP contribution >= 0.6 is 12.4 Å². The summed E-state index contributed by atoms with van der Waals surface area (Å²) in [5.74, 6) is 0.162. The summed E-state index contributed by atoms with van der Waals surface area (Å²) >= 11 is 0. The minimum atomic E-state index is -3.14. The van der Waals surface area contributed by atoms with Gasteiger partial charge in [0.25, 0.3) is 0 Å². The molecule has 0 spiro atoms. The van der Waals surface area contributed by atoms with E-state index in [2.05, 4.69) is 0 Å². The van der Waals surface area contributed by atoms with Crippen LogP contribution in [-0.4, -0.2) is 62.0 Å². The van der Waals surface area contributed by atoms with Gasteiger partial charge < -0.3 is 10.6 Å². The molecule has 0 radical (unpaired) electrons. The molecule has 0 aliphatic carbocycles. The molecule has 136 valence electrons. The Labute approximate surface area is 150 Å². The van der Waals surface area contributed by atoms with Crippen LogP contribution in [0.3, 0.4) is 0 Å². The number of carbonyl (C=O) groups excluding carboxylic acids is 1. The first-order valence-corrected chi connectivity index (χ1v) is 9.63. The molecule has 2 rings (SSSR count). The molecule has 1 fully saturated rings. The highest BCUT2D eigenvalue weighted by Gasteiger charge is 2.28. The lowest BCUT2D eigenvalue weighted by molar-refractivity contribution is -0.131. The van der Waals surface area contributed by atoms with Gasteiger partial charge in [0, 0.05) is 39.1 Å². The molecule has 1 aliphatic rings. The maximum atomic E-state index is 12.4. The predicted molar refractivity (Wildman–Crippen MR) is 97.6 cm³/mol. The second kappa shape index (κ2) is 9.98. The first-order valence-electron chi connectivity index (χ1n) is 8.02. The van der Waals surface area contributed by atoms with E-state index >= 15 is 0 Å². The normalized spacial score (nSPS) is 16.5. The van der Waals surface area contributed by atoms with E-state index in [0.717, 1.165) is 6.42 Å². The fourth-order valence-corrected chi connectivity index (χ4v) is 4.28. The second-order valence-corrected chi connectivity index (χ2v) is 7.81. The van der Waals surface area contributed by atoms with Crippen LogP contribution in [0, 0.1) is 0 Å². The largest absolute Gasteiger partial charge is 0.341 e. The Kier molecular flexibility index (Phi) is 8.69. The van der Waals surface area contributed by atoms with Crippen LogP contribution in [0.2, 0.25) is 0 Å². The molecule has 0 atom stereocenters. The number of halogens is 1. The average molecular weight is 376 g/mol. The fourth-order valence-electron chi connectivity index (χ4n) is 2.75. The molecule has 1 saturated heterocycles. The third-order valence-electron chi connectivity index (χ3n) is 4.04. The molecular formula is C16H26ClN3O3S. The Hall–Kier alpha value is -1.15. The monoisotopic (exact) mass is 375 g/mol. The van der Waals surface area contributed by atoms with E-state index < -0.39 is 10.0 Å². The summed E-state index contributed by atoms with van der Waals surface area (Å²) in [6.07, 6.45) is 1.64. The standard InChI is InChI=1S/C16H25N3O3S.ClH/c17-9-13-18(11-7-15-5-2-1-3-6-15)16(20)8-12-19-10-4-14-23(19,21)22;/h1-3,5-6H,4,7-14,17H2;1H. The van der Waals surface area contributed by atoms with Gasteiger partial charge in [0.15, 0.2) is 0 Å². The van der Waals surface area contributed by atoms with E-state index in [1.165, 1.54) is 9.87 Å². The quantitative estimate of drug-likeness (QED) is 0.730. The van der Waals surface area contributed by atoms with Crippen LogP contribution in [0.1, 0.15) is 18.4 Å². The summed E-state index contributed by atoms with van der Waals surface area (Å²) in [6, 6.07) is 9.97. The molecule has 1 aliphatic heterocycles. The van der Waals surface area contributed by atoms with Crippen molar-refractivity contribution >= 4 is 28.3 Å². The average Bonchev–Trinajstić information content (AvgIpc) is 2.88. The van der Waals surface area contributed by atoms with Gasteiger partial charge in [-0.3, -0.25) is 4.79 Å². The Morgan fingerprint density at radius 3 is 2.50 bits per heavy atom. The van der Waals surface area contributed by atoms with Gasteiger partial charge in [-0.05, 0) is 18.4 Å². The van der Waals surface area contributed by atoms with E-state index in [1.807, 2.05) is 30.3 Å². The highest BCUT2D eigenvalue weighted by Crippen LogP contribution is 2.14. The molecule has 0 aromatic heterocycles. The van der Waals surface area contributed by atoms with Crippen LogP contribution in [-0.2, 0) is 21.2 Å². The van der Waals surface area contributed by atoms with Gasteiger partial charge in [0.2, 0.25) is 15.9 Å². The maximum absolute atomic E-state index is 12.4. The van der Waals surface area contributed by atoms with E-state index in [9.17, 15) is 13.2 Å². The molecule has 6 nitrogen and oxygen atoms in total. The third-order valence-corrected chi connectivity index (χ3v) is 6.00. The number of carbonyl (C=O) groups is 1. The van der Waals surface area contributed by atoms with Gasteiger partial charge in [0.1, 0.15) is 0 Å². The second-order valence-electron chi connectivity index (χ2n) is 5.72. The van der Waals surface area contributed by atoms with Crippen molar-refractivity contribution in [3.05, 3.63) is 35.9 Å².